The zero-order valence-electron chi connectivity index (χ0n) is 8.35. The maximum atomic E-state index is 10.6. The van der Waals surface area contributed by atoms with Crippen LogP contribution in [0.1, 0.15) is 17.5 Å². The Bertz CT molecular complexity index is 389. The number of aryl methyl sites for hydroxylation is 1. The number of benzene rings is 1. The number of hydrogen-bond acceptors (Lipinski definition) is 3. The maximum Gasteiger partial charge on any atom is 0.269 e. The van der Waals surface area contributed by atoms with Crippen LogP contribution in [0, 0.1) is 16.0 Å². The summed E-state index contributed by atoms with van der Waals surface area (Å²) in [5.41, 5.74) is 2.35. The van der Waals surface area contributed by atoms with Gasteiger partial charge in [-0.2, -0.15) is 0 Å². The number of aliphatic hydroxyl groups is 1. The smallest absolute Gasteiger partial charge is 0.269 e. The molecule has 0 aliphatic heterocycles. The van der Waals surface area contributed by atoms with Crippen molar-refractivity contribution in [1.82, 2.24) is 0 Å². The SMILES string of the molecule is O=[N+]([O-])c1ccc2c(c1)C[C@@H](CO)CC2. The molecule has 4 nitrogen and oxygen atoms in total. The molecule has 0 aromatic heterocycles. The topological polar surface area (TPSA) is 63.4 Å². The highest BCUT2D eigenvalue weighted by atomic mass is 16.6. The Morgan fingerprint density at radius 1 is 1.47 bits per heavy atom. The lowest BCUT2D eigenvalue weighted by Gasteiger charge is -2.22. The van der Waals surface area contributed by atoms with Gasteiger partial charge >= 0.3 is 0 Å². The Morgan fingerprint density at radius 2 is 2.27 bits per heavy atom. The lowest BCUT2D eigenvalue weighted by Crippen LogP contribution is -2.17. The first-order valence-electron chi connectivity index (χ1n) is 5.07. The average molecular weight is 207 g/mol. The number of nitro benzene ring substituents is 1. The Balaban J connectivity index is 2.30. The minimum atomic E-state index is -0.372. The van der Waals surface area contributed by atoms with E-state index in [0.717, 1.165) is 24.8 Å². The van der Waals surface area contributed by atoms with Crippen molar-refractivity contribution < 1.29 is 10.0 Å². The fraction of sp³-hybridized carbons (Fsp3) is 0.455. The summed E-state index contributed by atoms with van der Waals surface area (Å²) in [4.78, 5) is 10.2. The molecule has 0 radical (unpaired) electrons. The molecule has 1 aromatic rings. The number of rotatable bonds is 2. The van der Waals surface area contributed by atoms with Gasteiger partial charge in [-0.1, -0.05) is 6.07 Å². The molecular weight excluding hydrogens is 194 g/mol. The van der Waals surface area contributed by atoms with E-state index in [1.807, 2.05) is 6.07 Å². The molecule has 0 saturated heterocycles. The van der Waals surface area contributed by atoms with Crippen molar-refractivity contribution >= 4 is 5.69 Å². The highest BCUT2D eigenvalue weighted by Crippen LogP contribution is 2.28. The molecule has 1 aliphatic carbocycles. The molecule has 15 heavy (non-hydrogen) atoms. The van der Waals surface area contributed by atoms with Crippen molar-refractivity contribution in [2.45, 2.75) is 19.3 Å². The number of nitro groups is 1. The Hall–Kier alpha value is -1.42. The Labute approximate surface area is 87.7 Å². The second-order valence-corrected chi connectivity index (χ2v) is 4.00. The molecule has 80 valence electrons. The molecule has 0 fully saturated rings. The zero-order valence-corrected chi connectivity index (χ0v) is 8.35. The number of non-ortho nitro benzene ring substituents is 1. The van der Waals surface area contributed by atoms with E-state index < -0.39 is 0 Å². The van der Waals surface area contributed by atoms with Crippen molar-refractivity contribution in [2.24, 2.45) is 5.92 Å². The molecule has 0 saturated carbocycles. The van der Waals surface area contributed by atoms with Gasteiger partial charge in [-0.25, -0.2) is 0 Å². The van der Waals surface area contributed by atoms with Crippen LogP contribution in [-0.2, 0) is 12.8 Å². The number of aliphatic hydroxyl groups excluding tert-OH is 1. The molecule has 1 atom stereocenters. The third-order valence-electron chi connectivity index (χ3n) is 2.99. The van der Waals surface area contributed by atoms with E-state index in [0.29, 0.717) is 0 Å². The highest BCUT2D eigenvalue weighted by molar-refractivity contribution is 5.41. The van der Waals surface area contributed by atoms with Crippen LogP contribution in [0.15, 0.2) is 18.2 Å². The van der Waals surface area contributed by atoms with E-state index in [9.17, 15) is 10.1 Å². The molecular formula is C11H13NO3. The predicted octanol–water partition coefficient (Wildman–Crippen LogP) is 1.69. The molecule has 2 rings (SSSR count). The summed E-state index contributed by atoms with van der Waals surface area (Å²) in [6, 6.07) is 5.02. The van der Waals surface area contributed by atoms with Crippen molar-refractivity contribution in [2.75, 3.05) is 6.61 Å². The van der Waals surface area contributed by atoms with Gasteiger partial charge in [-0.3, -0.25) is 10.1 Å². The van der Waals surface area contributed by atoms with Crippen molar-refractivity contribution in [3.8, 4) is 0 Å². The summed E-state index contributed by atoms with van der Waals surface area (Å²) in [5, 5.41) is 19.7. The third kappa shape index (κ3) is 1.99. The first kappa shape index (κ1) is 10.1. The largest absolute Gasteiger partial charge is 0.396 e. The van der Waals surface area contributed by atoms with Crippen molar-refractivity contribution in [3.05, 3.63) is 39.4 Å². The quantitative estimate of drug-likeness (QED) is 0.593. The van der Waals surface area contributed by atoms with E-state index in [1.54, 1.807) is 12.1 Å². The van der Waals surface area contributed by atoms with Gasteiger partial charge in [0.2, 0.25) is 0 Å². The minimum Gasteiger partial charge on any atom is -0.396 e. The molecule has 0 spiro atoms. The van der Waals surface area contributed by atoms with Crippen LogP contribution in [-0.4, -0.2) is 16.6 Å². The van der Waals surface area contributed by atoms with Gasteiger partial charge < -0.3 is 5.11 Å². The molecule has 4 heteroatoms. The van der Waals surface area contributed by atoms with Crippen LogP contribution >= 0.6 is 0 Å². The standard InChI is InChI=1S/C11H13NO3/c13-7-8-1-2-9-3-4-11(12(14)15)6-10(9)5-8/h3-4,6,8,13H,1-2,5,7H2/t8-/m0/s1. The van der Waals surface area contributed by atoms with Crippen LogP contribution in [0.4, 0.5) is 5.69 Å². The van der Waals surface area contributed by atoms with Crippen LogP contribution in [0.2, 0.25) is 0 Å². The fourth-order valence-corrected chi connectivity index (χ4v) is 2.09. The highest BCUT2D eigenvalue weighted by Gasteiger charge is 2.20. The van der Waals surface area contributed by atoms with Gasteiger partial charge in [0.15, 0.2) is 0 Å². The van der Waals surface area contributed by atoms with E-state index >= 15 is 0 Å². The molecule has 1 aromatic carbocycles. The van der Waals surface area contributed by atoms with E-state index in [-0.39, 0.29) is 23.1 Å². The lowest BCUT2D eigenvalue weighted by molar-refractivity contribution is -0.384. The van der Waals surface area contributed by atoms with Gasteiger partial charge in [-0.05, 0) is 36.3 Å². The average Bonchev–Trinajstić information content (AvgIpc) is 2.27. The zero-order chi connectivity index (χ0) is 10.8. The van der Waals surface area contributed by atoms with Gasteiger partial charge in [0, 0.05) is 18.7 Å². The Kier molecular flexibility index (Phi) is 2.68. The van der Waals surface area contributed by atoms with E-state index in [4.69, 9.17) is 5.11 Å². The first-order chi connectivity index (χ1) is 7.20. The van der Waals surface area contributed by atoms with E-state index in [2.05, 4.69) is 0 Å². The molecule has 1 N–H and O–H groups in total. The normalized spacial score (nSPS) is 19.7. The van der Waals surface area contributed by atoms with E-state index in [1.165, 1.54) is 5.56 Å². The summed E-state index contributed by atoms with van der Waals surface area (Å²) in [6.07, 6.45) is 2.65. The maximum absolute atomic E-state index is 10.6. The van der Waals surface area contributed by atoms with Gasteiger partial charge in [0.05, 0.1) is 4.92 Å². The van der Waals surface area contributed by atoms with Crippen LogP contribution in [0.3, 0.4) is 0 Å². The second-order valence-electron chi connectivity index (χ2n) is 4.00. The van der Waals surface area contributed by atoms with Gasteiger partial charge in [-0.15, -0.1) is 0 Å². The summed E-state index contributed by atoms with van der Waals surface area (Å²) >= 11 is 0. The summed E-state index contributed by atoms with van der Waals surface area (Å²) in [5.74, 6) is 0.263. The third-order valence-corrected chi connectivity index (χ3v) is 2.99. The van der Waals surface area contributed by atoms with Gasteiger partial charge in [0.1, 0.15) is 0 Å². The summed E-state index contributed by atoms with van der Waals surface area (Å²) in [7, 11) is 0. The minimum absolute atomic E-state index is 0.146. The van der Waals surface area contributed by atoms with Crippen LogP contribution < -0.4 is 0 Å². The number of nitrogens with zero attached hydrogens (tertiary/aromatic N) is 1. The van der Waals surface area contributed by atoms with Crippen LogP contribution in [0.25, 0.3) is 0 Å². The van der Waals surface area contributed by atoms with Crippen molar-refractivity contribution in [3.63, 3.8) is 0 Å². The summed E-state index contributed by atoms with van der Waals surface area (Å²) < 4.78 is 0. The monoisotopic (exact) mass is 207 g/mol. The molecule has 0 heterocycles. The first-order valence-corrected chi connectivity index (χ1v) is 5.07. The second kappa shape index (κ2) is 3.98. The molecule has 0 amide bonds. The van der Waals surface area contributed by atoms with Gasteiger partial charge in [0.25, 0.3) is 5.69 Å². The number of fused-ring (bicyclic) bond motifs is 1. The number of hydrogen-bond donors (Lipinski definition) is 1. The molecule has 1 aliphatic rings. The lowest BCUT2D eigenvalue weighted by atomic mass is 9.84. The van der Waals surface area contributed by atoms with Crippen LogP contribution in [0.5, 0.6) is 0 Å². The van der Waals surface area contributed by atoms with Crippen molar-refractivity contribution in [1.29, 1.82) is 0 Å². The fourth-order valence-electron chi connectivity index (χ4n) is 2.09. The predicted molar refractivity (Wildman–Crippen MR) is 55.7 cm³/mol. The molecule has 0 unspecified atom stereocenters. The Morgan fingerprint density at radius 3 is 2.93 bits per heavy atom. The molecule has 0 bridgehead atoms. The summed E-state index contributed by atoms with van der Waals surface area (Å²) in [6.45, 7) is 0.169.